The molecule has 2 aromatic rings. The molecule has 1 unspecified atom stereocenters. The van der Waals surface area contributed by atoms with E-state index in [0.717, 1.165) is 33.7 Å². The average Bonchev–Trinajstić information content (AvgIpc) is 2.75. The molecule has 0 saturated heterocycles. The fourth-order valence-electron chi connectivity index (χ4n) is 2.09. The monoisotopic (exact) mass is 341 g/mol. The van der Waals surface area contributed by atoms with Crippen LogP contribution in [0.5, 0.6) is 0 Å². The van der Waals surface area contributed by atoms with Gasteiger partial charge in [-0.05, 0) is 42.8 Å². The van der Waals surface area contributed by atoms with Crippen LogP contribution in [0.1, 0.15) is 30.6 Å². The first-order chi connectivity index (χ1) is 9.11. The van der Waals surface area contributed by atoms with Crippen LogP contribution in [0.3, 0.4) is 0 Å². The number of nitrogens with one attached hydrogen (secondary N) is 1. The second-order valence-corrected chi connectivity index (χ2v) is 5.82. The Hall–Kier alpha value is -0.840. The van der Waals surface area contributed by atoms with Gasteiger partial charge in [0.2, 0.25) is 0 Å². The molecule has 1 heterocycles. The Kier molecular flexibility index (Phi) is 5.02. The van der Waals surface area contributed by atoms with Crippen molar-refractivity contribution in [3.8, 4) is 0 Å². The Bertz CT molecular complexity index is 533. The van der Waals surface area contributed by atoms with Gasteiger partial charge in [0, 0.05) is 22.7 Å². The molecule has 0 saturated carbocycles. The molecular formula is C14H17BrClN3. The van der Waals surface area contributed by atoms with Crippen LogP contribution in [-0.4, -0.2) is 16.3 Å². The van der Waals surface area contributed by atoms with Gasteiger partial charge in [0.25, 0.3) is 0 Å². The minimum Gasteiger partial charge on any atom is -0.305 e. The van der Waals surface area contributed by atoms with Crippen LogP contribution in [0, 0.1) is 0 Å². The van der Waals surface area contributed by atoms with Crippen LogP contribution in [0.2, 0.25) is 5.02 Å². The van der Waals surface area contributed by atoms with E-state index in [1.807, 2.05) is 36.1 Å². The Balaban J connectivity index is 2.39. The second kappa shape index (κ2) is 6.55. The maximum Gasteiger partial charge on any atom is 0.0749 e. The van der Waals surface area contributed by atoms with Gasteiger partial charge in [-0.25, -0.2) is 0 Å². The van der Waals surface area contributed by atoms with E-state index in [-0.39, 0.29) is 6.04 Å². The minimum atomic E-state index is 0.0995. The van der Waals surface area contributed by atoms with Crippen molar-refractivity contribution in [2.75, 3.05) is 6.54 Å². The highest BCUT2D eigenvalue weighted by Crippen LogP contribution is 2.27. The topological polar surface area (TPSA) is 29.9 Å². The number of hydrogen-bond donors (Lipinski definition) is 1. The summed E-state index contributed by atoms with van der Waals surface area (Å²) in [6.07, 6.45) is 2.89. The first-order valence-corrected chi connectivity index (χ1v) is 7.46. The number of halogens is 2. The lowest BCUT2D eigenvalue weighted by Gasteiger charge is -2.20. The molecule has 0 amide bonds. The van der Waals surface area contributed by atoms with Gasteiger partial charge in [0.05, 0.1) is 11.7 Å². The van der Waals surface area contributed by atoms with E-state index in [1.165, 1.54) is 0 Å². The molecule has 0 aliphatic carbocycles. The van der Waals surface area contributed by atoms with E-state index in [0.29, 0.717) is 0 Å². The Morgan fingerprint density at radius 1 is 1.42 bits per heavy atom. The third kappa shape index (κ3) is 3.59. The van der Waals surface area contributed by atoms with Crippen molar-refractivity contribution in [1.29, 1.82) is 0 Å². The van der Waals surface area contributed by atoms with E-state index < -0.39 is 0 Å². The molecule has 0 fully saturated rings. The van der Waals surface area contributed by atoms with Gasteiger partial charge < -0.3 is 5.32 Å². The summed E-state index contributed by atoms with van der Waals surface area (Å²) in [5.41, 5.74) is 2.26. The largest absolute Gasteiger partial charge is 0.305 e. The molecule has 0 spiro atoms. The lowest BCUT2D eigenvalue weighted by atomic mass is 10.0. The first kappa shape index (κ1) is 14.6. The highest BCUT2D eigenvalue weighted by atomic mass is 79.9. The van der Waals surface area contributed by atoms with Gasteiger partial charge in [0.1, 0.15) is 0 Å². The Labute approximate surface area is 127 Å². The molecule has 5 heteroatoms. The SMILES string of the molecule is CCCNC(c1cc(Cl)cc(Br)c1)c1ccnn1C. The Morgan fingerprint density at radius 2 is 2.21 bits per heavy atom. The summed E-state index contributed by atoms with van der Waals surface area (Å²) >= 11 is 9.65. The van der Waals surface area contributed by atoms with E-state index in [9.17, 15) is 0 Å². The highest BCUT2D eigenvalue weighted by Gasteiger charge is 2.17. The predicted octanol–water partition coefficient (Wildman–Crippen LogP) is 3.93. The van der Waals surface area contributed by atoms with Crippen LogP contribution >= 0.6 is 27.5 Å². The molecule has 1 aromatic carbocycles. The van der Waals surface area contributed by atoms with Gasteiger partial charge in [0.15, 0.2) is 0 Å². The summed E-state index contributed by atoms with van der Waals surface area (Å²) in [5.74, 6) is 0. The van der Waals surface area contributed by atoms with Crippen LogP contribution in [0.25, 0.3) is 0 Å². The molecule has 0 aliphatic rings. The zero-order chi connectivity index (χ0) is 13.8. The minimum absolute atomic E-state index is 0.0995. The van der Waals surface area contributed by atoms with Gasteiger partial charge in [-0.1, -0.05) is 34.5 Å². The molecule has 2 rings (SSSR count). The van der Waals surface area contributed by atoms with Crippen molar-refractivity contribution >= 4 is 27.5 Å². The summed E-state index contributed by atoms with van der Waals surface area (Å²) in [5, 5.41) is 8.52. The van der Waals surface area contributed by atoms with Crippen LogP contribution < -0.4 is 5.32 Å². The van der Waals surface area contributed by atoms with Crippen molar-refractivity contribution < 1.29 is 0 Å². The molecule has 19 heavy (non-hydrogen) atoms. The summed E-state index contributed by atoms with van der Waals surface area (Å²) in [6.45, 7) is 3.10. The summed E-state index contributed by atoms with van der Waals surface area (Å²) < 4.78 is 2.88. The number of benzene rings is 1. The fourth-order valence-corrected chi connectivity index (χ4v) is 2.98. The van der Waals surface area contributed by atoms with Crippen LogP contribution in [0.4, 0.5) is 0 Å². The van der Waals surface area contributed by atoms with Crippen LogP contribution in [-0.2, 0) is 7.05 Å². The fraction of sp³-hybridized carbons (Fsp3) is 0.357. The van der Waals surface area contributed by atoms with E-state index in [4.69, 9.17) is 11.6 Å². The van der Waals surface area contributed by atoms with Crippen LogP contribution in [0.15, 0.2) is 34.9 Å². The third-order valence-electron chi connectivity index (χ3n) is 2.97. The third-order valence-corrected chi connectivity index (χ3v) is 3.65. The number of aromatic nitrogens is 2. The lowest BCUT2D eigenvalue weighted by Crippen LogP contribution is -2.25. The lowest BCUT2D eigenvalue weighted by molar-refractivity contribution is 0.553. The molecule has 1 aromatic heterocycles. The van der Waals surface area contributed by atoms with Gasteiger partial charge in [-0.3, -0.25) is 4.68 Å². The molecule has 1 N–H and O–H groups in total. The number of aryl methyl sites for hydroxylation is 1. The zero-order valence-corrected chi connectivity index (χ0v) is 13.4. The molecule has 102 valence electrons. The van der Waals surface area contributed by atoms with Crippen molar-refractivity contribution in [2.45, 2.75) is 19.4 Å². The summed E-state index contributed by atoms with van der Waals surface area (Å²) in [6, 6.07) is 8.11. The molecule has 3 nitrogen and oxygen atoms in total. The summed E-state index contributed by atoms with van der Waals surface area (Å²) in [4.78, 5) is 0. The average molecular weight is 343 g/mol. The molecular weight excluding hydrogens is 326 g/mol. The zero-order valence-electron chi connectivity index (χ0n) is 11.0. The standard InChI is InChI=1S/C14H17BrClN3/c1-3-5-17-14(13-4-6-18-19(13)2)10-7-11(15)9-12(16)8-10/h4,6-9,14,17H,3,5H2,1-2H3. The molecule has 0 bridgehead atoms. The molecule has 1 atom stereocenters. The molecule has 0 radical (unpaired) electrons. The van der Waals surface area contributed by atoms with Gasteiger partial charge in [-0.2, -0.15) is 5.10 Å². The number of nitrogens with zero attached hydrogens (tertiary/aromatic N) is 2. The van der Waals surface area contributed by atoms with Crippen molar-refractivity contribution in [2.24, 2.45) is 7.05 Å². The maximum atomic E-state index is 6.15. The molecule has 0 aliphatic heterocycles. The van der Waals surface area contributed by atoms with E-state index >= 15 is 0 Å². The van der Waals surface area contributed by atoms with E-state index in [1.54, 1.807) is 0 Å². The Morgan fingerprint density at radius 3 is 2.79 bits per heavy atom. The maximum absolute atomic E-state index is 6.15. The quantitative estimate of drug-likeness (QED) is 0.892. The van der Waals surface area contributed by atoms with Crippen molar-refractivity contribution in [3.05, 3.63) is 51.2 Å². The first-order valence-electron chi connectivity index (χ1n) is 6.29. The number of hydrogen-bond acceptors (Lipinski definition) is 2. The highest BCUT2D eigenvalue weighted by molar-refractivity contribution is 9.10. The normalized spacial score (nSPS) is 12.6. The smallest absolute Gasteiger partial charge is 0.0749 e. The second-order valence-electron chi connectivity index (χ2n) is 4.47. The summed E-state index contributed by atoms with van der Waals surface area (Å²) in [7, 11) is 1.95. The van der Waals surface area contributed by atoms with Crippen molar-refractivity contribution in [3.63, 3.8) is 0 Å². The predicted molar refractivity (Wildman–Crippen MR) is 82.5 cm³/mol. The van der Waals surface area contributed by atoms with Gasteiger partial charge in [-0.15, -0.1) is 0 Å². The van der Waals surface area contributed by atoms with Gasteiger partial charge >= 0.3 is 0 Å². The van der Waals surface area contributed by atoms with Crippen molar-refractivity contribution in [1.82, 2.24) is 15.1 Å². The number of rotatable bonds is 5. The van der Waals surface area contributed by atoms with E-state index in [2.05, 4.69) is 39.3 Å².